The minimum absolute atomic E-state index is 0. The zero-order valence-electron chi connectivity index (χ0n) is 24.3. The van der Waals surface area contributed by atoms with Crippen molar-refractivity contribution in [1.82, 2.24) is 20.1 Å². The van der Waals surface area contributed by atoms with Crippen LogP contribution in [-0.2, 0) is 33.7 Å². The molecule has 0 fully saturated rings. The molecule has 3 aromatic rings. The number of carboxylic acids is 1. The van der Waals surface area contributed by atoms with E-state index in [0.717, 1.165) is 23.5 Å². The van der Waals surface area contributed by atoms with Crippen LogP contribution in [0, 0.1) is 34.6 Å². The Bertz CT molecular complexity index is 1730. The van der Waals surface area contributed by atoms with E-state index in [4.69, 9.17) is 16.3 Å². The predicted octanol–water partition coefficient (Wildman–Crippen LogP) is 5.73. The van der Waals surface area contributed by atoms with E-state index in [9.17, 15) is 32.3 Å². The lowest BCUT2D eigenvalue weighted by Gasteiger charge is -2.33. The Morgan fingerprint density at radius 2 is 1.93 bits per heavy atom. The van der Waals surface area contributed by atoms with Crippen molar-refractivity contribution >= 4 is 41.8 Å². The van der Waals surface area contributed by atoms with Gasteiger partial charge >= 0.3 is 11.9 Å². The lowest BCUT2D eigenvalue weighted by Crippen LogP contribution is -2.39. The largest absolute Gasteiger partial charge is 0.481 e. The molecule has 2 unspecified atom stereocenters. The third kappa shape index (κ3) is 6.69. The average molecular weight is 670 g/mol. The number of hydrogen-bond acceptors (Lipinski definition) is 7. The number of esters is 1. The minimum atomic E-state index is -1.37. The number of allylic oxidation sites excluding steroid dienone is 1. The van der Waals surface area contributed by atoms with Gasteiger partial charge in [-0.2, -0.15) is 5.10 Å². The number of aryl methyl sites for hydroxylation is 1. The number of pyridine rings is 1. The molecule has 0 saturated heterocycles. The number of hydrogen-bond donors (Lipinski definition) is 2. The second kappa shape index (κ2) is 13.2. The van der Waals surface area contributed by atoms with Gasteiger partial charge in [0, 0.05) is 29.4 Å². The van der Waals surface area contributed by atoms with Gasteiger partial charge in [0.25, 0.3) is 0 Å². The van der Waals surface area contributed by atoms with Gasteiger partial charge in [0.05, 0.1) is 41.1 Å². The number of fused-ring (bicyclic) bond motifs is 1. The number of benzene rings is 1. The van der Waals surface area contributed by atoms with E-state index in [1.807, 2.05) is 0 Å². The van der Waals surface area contributed by atoms with E-state index < -0.39 is 57.6 Å². The second-order valence-electron chi connectivity index (χ2n) is 11.2. The van der Waals surface area contributed by atoms with E-state index in [-0.39, 0.29) is 53.9 Å². The predicted molar refractivity (Wildman–Crippen MR) is 158 cm³/mol. The fraction of sp³-hybridized carbons (Fsp3) is 0.367. The molecule has 15 heteroatoms. The van der Waals surface area contributed by atoms with Crippen molar-refractivity contribution in [1.29, 1.82) is 0 Å². The van der Waals surface area contributed by atoms with Crippen molar-refractivity contribution in [2.75, 3.05) is 6.61 Å². The Hall–Kier alpha value is -3.97. The summed E-state index contributed by atoms with van der Waals surface area (Å²) in [5.41, 5.74) is 0.276. The molecule has 0 spiro atoms. The number of carbonyl (C=O) groups excluding carboxylic acids is 1. The third-order valence-electron chi connectivity index (χ3n) is 7.63. The van der Waals surface area contributed by atoms with Crippen LogP contribution >= 0.6 is 24.0 Å². The molecule has 0 saturated carbocycles. The maximum atomic E-state index is 15.0. The number of rotatable bonds is 8. The molecule has 9 nitrogen and oxygen atoms in total. The summed E-state index contributed by atoms with van der Waals surface area (Å²) < 4.78 is 64.4. The van der Waals surface area contributed by atoms with E-state index in [1.165, 1.54) is 6.07 Å². The maximum Gasteiger partial charge on any atom is 0.338 e. The first-order chi connectivity index (χ1) is 20.8. The zero-order valence-corrected chi connectivity index (χ0v) is 25.9. The normalized spacial score (nSPS) is 18.0. The molecular formula is C30H29Cl2F4N5O4. The second-order valence-corrected chi connectivity index (χ2v) is 11.6. The minimum Gasteiger partial charge on any atom is -0.481 e. The maximum absolute atomic E-state index is 15.0. The van der Waals surface area contributed by atoms with Gasteiger partial charge in [-0.1, -0.05) is 17.7 Å². The van der Waals surface area contributed by atoms with Crippen molar-refractivity contribution in [3.63, 3.8) is 0 Å². The van der Waals surface area contributed by atoms with Crippen LogP contribution in [0.25, 0.3) is 0 Å². The van der Waals surface area contributed by atoms with Crippen LogP contribution in [0.15, 0.2) is 46.9 Å². The highest BCUT2D eigenvalue weighted by Gasteiger charge is 2.39. The highest BCUT2D eigenvalue weighted by atomic mass is 35.5. The summed E-state index contributed by atoms with van der Waals surface area (Å²) >= 11 is 6.23. The summed E-state index contributed by atoms with van der Waals surface area (Å²) in [7, 11) is 0. The molecule has 2 N–H and O–H groups in total. The number of carboxylic acid groups (broad SMARTS) is 1. The van der Waals surface area contributed by atoms with Gasteiger partial charge in [-0.3, -0.25) is 14.5 Å². The Balaban J connectivity index is 0.00000461. The van der Waals surface area contributed by atoms with Crippen LogP contribution in [0.1, 0.15) is 55.7 Å². The van der Waals surface area contributed by atoms with Crippen molar-refractivity contribution < 1.29 is 37.0 Å². The average Bonchev–Trinajstić information content (AvgIpc) is 3.36. The molecule has 45 heavy (non-hydrogen) atoms. The summed E-state index contributed by atoms with van der Waals surface area (Å²) in [4.78, 5) is 33.5. The summed E-state index contributed by atoms with van der Waals surface area (Å²) in [6.07, 6.45) is 3.78. The van der Waals surface area contributed by atoms with Crippen LogP contribution < -0.4 is 5.32 Å². The van der Waals surface area contributed by atoms with Gasteiger partial charge in [0.15, 0.2) is 23.3 Å². The number of nitrogens with one attached hydrogen (secondary N) is 1. The molecule has 1 aliphatic carbocycles. The van der Waals surface area contributed by atoms with Gasteiger partial charge in [-0.15, -0.1) is 12.4 Å². The van der Waals surface area contributed by atoms with Crippen LogP contribution in [0.4, 0.5) is 17.6 Å². The number of amidine groups is 1. The highest BCUT2D eigenvalue weighted by Crippen LogP contribution is 2.41. The standard InChI is InChI=1S/C30H28ClF4N5O4.ClH/c1-4-44-28(41)21-24(14-5-8-20-15(9-14)12-40(39-20)13-30(2,3)29(42)43)37-27(26-19(34)10-16(32)11-36-26)38-25(21)17-6-7-18(33)23(35)22(17)31;/h6-7,10-12,14,25H,4-5,8-9,13H2,1-3H3,(H,37,38)(H,42,43);1H. The summed E-state index contributed by atoms with van der Waals surface area (Å²) in [6, 6.07) is 1.27. The van der Waals surface area contributed by atoms with Crippen LogP contribution in [0.5, 0.6) is 0 Å². The van der Waals surface area contributed by atoms with Crippen molar-refractivity contribution in [2.24, 2.45) is 16.3 Å². The molecule has 0 bridgehead atoms. The lowest BCUT2D eigenvalue weighted by molar-refractivity contribution is -0.147. The van der Waals surface area contributed by atoms with Crippen LogP contribution in [0.2, 0.25) is 5.02 Å². The fourth-order valence-electron chi connectivity index (χ4n) is 5.37. The molecule has 240 valence electrons. The Morgan fingerprint density at radius 1 is 1.20 bits per heavy atom. The van der Waals surface area contributed by atoms with Gasteiger partial charge in [-0.25, -0.2) is 27.3 Å². The number of ether oxygens (including phenoxy) is 1. The SMILES string of the molecule is CCOC(=O)C1=C(C2CCc3nn(CC(C)(C)C(=O)O)cc3C2)NC(c2ncc(F)cc2F)=NC1c1ccc(F)c(F)c1Cl.Cl. The summed E-state index contributed by atoms with van der Waals surface area (Å²) in [6.45, 7) is 4.89. The first-order valence-corrected chi connectivity index (χ1v) is 14.2. The summed E-state index contributed by atoms with van der Waals surface area (Å²) in [5, 5.41) is 16.5. The number of aromatic nitrogens is 3. The molecule has 2 aromatic heterocycles. The molecule has 1 aliphatic heterocycles. The van der Waals surface area contributed by atoms with Gasteiger partial charge in [0.2, 0.25) is 0 Å². The number of halogens is 6. The Kier molecular flexibility index (Phi) is 9.93. The molecule has 5 rings (SSSR count). The first kappa shape index (κ1) is 33.9. The number of aliphatic carboxylic acids is 1. The molecule has 2 atom stereocenters. The van der Waals surface area contributed by atoms with E-state index >= 15 is 0 Å². The number of aliphatic imine (C=N–C) groups is 1. The highest BCUT2D eigenvalue weighted by molar-refractivity contribution is 6.31. The number of carbonyl (C=O) groups is 2. The quantitative estimate of drug-likeness (QED) is 0.179. The van der Waals surface area contributed by atoms with E-state index in [0.29, 0.717) is 25.3 Å². The summed E-state index contributed by atoms with van der Waals surface area (Å²) in [5.74, 6) is -6.93. The zero-order chi connectivity index (χ0) is 31.9. The number of nitrogens with zero attached hydrogens (tertiary/aromatic N) is 4. The van der Waals surface area contributed by atoms with Crippen molar-refractivity contribution in [2.45, 2.75) is 52.6 Å². The lowest BCUT2D eigenvalue weighted by atomic mass is 9.81. The van der Waals surface area contributed by atoms with Crippen LogP contribution in [0.3, 0.4) is 0 Å². The molecule has 0 amide bonds. The molecule has 2 aliphatic rings. The van der Waals surface area contributed by atoms with E-state index in [2.05, 4.69) is 20.4 Å². The van der Waals surface area contributed by atoms with Gasteiger partial charge in [-0.05, 0) is 51.7 Å². The monoisotopic (exact) mass is 669 g/mol. The third-order valence-corrected chi connectivity index (χ3v) is 8.01. The van der Waals surface area contributed by atoms with Gasteiger partial charge < -0.3 is 15.2 Å². The molecule has 1 aromatic carbocycles. The van der Waals surface area contributed by atoms with Gasteiger partial charge in [0.1, 0.15) is 17.6 Å². The van der Waals surface area contributed by atoms with Crippen molar-refractivity contribution in [3.05, 3.63) is 92.7 Å². The van der Waals surface area contributed by atoms with Crippen LogP contribution in [-0.4, -0.2) is 44.3 Å². The van der Waals surface area contributed by atoms with E-state index in [1.54, 1.807) is 31.6 Å². The first-order valence-electron chi connectivity index (χ1n) is 13.8. The molecular weight excluding hydrogens is 641 g/mol. The fourth-order valence-corrected chi connectivity index (χ4v) is 5.63. The smallest absolute Gasteiger partial charge is 0.338 e. The topological polar surface area (TPSA) is 119 Å². The molecule has 3 heterocycles. The van der Waals surface area contributed by atoms with Crippen molar-refractivity contribution in [3.8, 4) is 0 Å². The Morgan fingerprint density at radius 3 is 2.60 bits per heavy atom. The Labute approximate surface area is 266 Å². The molecule has 0 radical (unpaired) electrons.